The van der Waals surface area contributed by atoms with Crippen molar-refractivity contribution in [2.45, 2.75) is 0 Å². The number of carbonyl (C=O) groups is 1. The Hall–Kier alpha value is 0.870. The second kappa shape index (κ2) is 14.4. The number of hydrogen-bond acceptors (Lipinski definition) is 5. The van der Waals surface area contributed by atoms with Crippen LogP contribution < -0.4 is 11.5 Å². The molecule has 0 radical (unpaired) electrons. The number of halogens is 2. The highest BCUT2D eigenvalue weighted by Crippen LogP contribution is 2.14. The van der Waals surface area contributed by atoms with Crippen LogP contribution in [-0.4, -0.2) is 29.0 Å². The predicted octanol–water partition coefficient (Wildman–Crippen LogP) is 1.33. The molecule has 0 saturated heterocycles. The first-order chi connectivity index (χ1) is 4.81. The number of carbonyl (C=O) groups excluding carboxylic acids is 1. The van der Waals surface area contributed by atoms with Gasteiger partial charge in [0.1, 0.15) is 0 Å². The van der Waals surface area contributed by atoms with Crippen molar-refractivity contribution in [2.24, 2.45) is 11.5 Å². The van der Waals surface area contributed by atoms with Gasteiger partial charge < -0.3 is 11.5 Å². The Bertz CT molecular complexity index is 97.4. The third kappa shape index (κ3) is 13.5. The molecule has 0 aliphatic rings. The van der Waals surface area contributed by atoms with E-state index in [9.17, 15) is 4.79 Å². The fourth-order valence-electron chi connectivity index (χ4n) is 0.326. The molecule has 12 heavy (non-hydrogen) atoms. The highest BCUT2D eigenvalue weighted by atomic mass is 35.5. The summed E-state index contributed by atoms with van der Waals surface area (Å²) >= 11 is 2.52. The van der Waals surface area contributed by atoms with Gasteiger partial charge >= 0.3 is 0 Å². The molecule has 0 amide bonds. The summed E-state index contributed by atoms with van der Waals surface area (Å²) < 4.78 is 0.121. The first kappa shape index (κ1) is 18.6. The van der Waals surface area contributed by atoms with Crippen LogP contribution in [0.1, 0.15) is 0 Å². The summed E-state index contributed by atoms with van der Waals surface area (Å²) in [6.07, 6.45) is 0. The molecule has 0 saturated carbocycles. The largest absolute Gasteiger partial charge is 0.330 e. The van der Waals surface area contributed by atoms with Crippen molar-refractivity contribution >= 4 is 52.8 Å². The fraction of sp³-hybridized carbons (Fsp3) is 0.800. The van der Waals surface area contributed by atoms with Gasteiger partial charge in [-0.3, -0.25) is 4.79 Å². The van der Waals surface area contributed by atoms with E-state index in [-0.39, 0.29) is 29.3 Å². The molecule has 76 valence electrons. The van der Waals surface area contributed by atoms with Crippen molar-refractivity contribution in [3.8, 4) is 0 Å². The molecule has 7 heteroatoms. The van der Waals surface area contributed by atoms with E-state index in [1.807, 2.05) is 0 Å². The quantitative estimate of drug-likeness (QED) is 0.791. The normalized spacial score (nSPS) is 8.17. The summed E-state index contributed by atoms with van der Waals surface area (Å²) in [5.74, 6) is 1.41. The van der Waals surface area contributed by atoms with Gasteiger partial charge in [0.25, 0.3) is 0 Å². The molecule has 0 aromatic carbocycles. The highest BCUT2D eigenvalue weighted by molar-refractivity contribution is 8.38. The molecule has 0 atom stereocenters. The molecule has 0 fully saturated rings. The number of hydrogen-bond donors (Lipinski definition) is 2. The zero-order valence-electron chi connectivity index (χ0n) is 6.52. The lowest BCUT2D eigenvalue weighted by molar-refractivity contribution is 0.276. The Balaban J connectivity index is -0.000000405. The topological polar surface area (TPSA) is 69.1 Å². The molecule has 0 bridgehead atoms. The smallest absolute Gasteiger partial charge is 0.246 e. The van der Waals surface area contributed by atoms with Crippen LogP contribution in [0.3, 0.4) is 0 Å². The van der Waals surface area contributed by atoms with Crippen LogP contribution in [0.5, 0.6) is 0 Å². The van der Waals surface area contributed by atoms with Crippen molar-refractivity contribution in [1.29, 1.82) is 0 Å². The van der Waals surface area contributed by atoms with Gasteiger partial charge in [-0.1, -0.05) is 23.5 Å². The molecule has 0 aliphatic heterocycles. The highest BCUT2D eigenvalue weighted by Gasteiger charge is 1.99. The molecule has 0 aromatic rings. The summed E-state index contributed by atoms with van der Waals surface area (Å²) in [4.78, 5) is 10.8. The lowest BCUT2D eigenvalue weighted by Crippen LogP contribution is -2.05. The van der Waals surface area contributed by atoms with E-state index < -0.39 is 0 Å². The average Bonchev–Trinajstić information content (AvgIpc) is 1.97. The fourth-order valence-corrected chi connectivity index (χ4v) is 1.73. The summed E-state index contributed by atoms with van der Waals surface area (Å²) in [5, 5.41) is 0. The van der Waals surface area contributed by atoms with Gasteiger partial charge in [0.15, 0.2) is 0 Å². The Morgan fingerprint density at radius 3 is 1.58 bits per heavy atom. The maximum Gasteiger partial charge on any atom is 0.246 e. The van der Waals surface area contributed by atoms with Gasteiger partial charge in [0.2, 0.25) is 4.45 Å². The minimum atomic E-state index is 0. The van der Waals surface area contributed by atoms with Crippen LogP contribution in [0.25, 0.3) is 0 Å². The van der Waals surface area contributed by atoms with Crippen LogP contribution in [0.15, 0.2) is 0 Å². The van der Waals surface area contributed by atoms with Gasteiger partial charge in [-0.15, -0.1) is 24.8 Å². The van der Waals surface area contributed by atoms with E-state index in [1.54, 1.807) is 0 Å². The van der Waals surface area contributed by atoms with Crippen LogP contribution in [0.4, 0.5) is 4.79 Å². The van der Waals surface area contributed by atoms with E-state index in [4.69, 9.17) is 11.5 Å². The van der Waals surface area contributed by atoms with Crippen molar-refractivity contribution in [3.05, 3.63) is 0 Å². The summed E-state index contributed by atoms with van der Waals surface area (Å²) in [7, 11) is 0. The van der Waals surface area contributed by atoms with Crippen LogP contribution >= 0.6 is 48.3 Å². The lowest BCUT2D eigenvalue weighted by Gasteiger charge is -1.95. The van der Waals surface area contributed by atoms with E-state index in [2.05, 4.69) is 0 Å². The number of thioether (sulfide) groups is 2. The second-order valence-electron chi connectivity index (χ2n) is 1.52. The Kier molecular flexibility index (Phi) is 22.3. The maximum absolute atomic E-state index is 10.8. The lowest BCUT2D eigenvalue weighted by atomic mass is 10.8. The Morgan fingerprint density at radius 2 is 1.33 bits per heavy atom. The minimum absolute atomic E-state index is 0. The molecular weight excluding hydrogens is 239 g/mol. The summed E-state index contributed by atoms with van der Waals surface area (Å²) in [6.45, 7) is 1.11. The minimum Gasteiger partial charge on any atom is -0.330 e. The van der Waals surface area contributed by atoms with Crippen molar-refractivity contribution < 1.29 is 4.79 Å². The van der Waals surface area contributed by atoms with Crippen LogP contribution in [0, 0.1) is 0 Å². The average molecular weight is 253 g/mol. The van der Waals surface area contributed by atoms with E-state index in [1.165, 1.54) is 23.5 Å². The van der Waals surface area contributed by atoms with Crippen LogP contribution in [-0.2, 0) is 0 Å². The number of rotatable bonds is 4. The predicted molar refractivity (Wildman–Crippen MR) is 62.9 cm³/mol. The second-order valence-corrected chi connectivity index (χ2v) is 3.92. The van der Waals surface area contributed by atoms with Gasteiger partial charge in [0, 0.05) is 24.6 Å². The van der Waals surface area contributed by atoms with E-state index in [0.29, 0.717) is 24.6 Å². The monoisotopic (exact) mass is 252 g/mol. The molecular formula is C5H14Cl2N2OS2. The molecule has 4 N–H and O–H groups in total. The third-order valence-electron chi connectivity index (χ3n) is 0.676. The maximum atomic E-state index is 10.8. The molecule has 0 aliphatic carbocycles. The zero-order valence-corrected chi connectivity index (χ0v) is 9.79. The standard InChI is InChI=1S/C5H12N2OS2.2ClH/c6-1-3-9-5(8)10-4-2-7;;/h1-4,6-7H2;2*1H. The van der Waals surface area contributed by atoms with Gasteiger partial charge in [-0.05, 0) is 0 Å². The zero-order chi connectivity index (χ0) is 7.82. The molecule has 0 aromatic heterocycles. The van der Waals surface area contributed by atoms with Crippen molar-refractivity contribution in [1.82, 2.24) is 0 Å². The molecule has 3 nitrogen and oxygen atoms in total. The van der Waals surface area contributed by atoms with Crippen molar-refractivity contribution in [3.63, 3.8) is 0 Å². The van der Waals surface area contributed by atoms with Gasteiger partial charge in [0.05, 0.1) is 0 Å². The van der Waals surface area contributed by atoms with E-state index >= 15 is 0 Å². The first-order valence-corrected chi connectivity index (χ1v) is 4.98. The van der Waals surface area contributed by atoms with Gasteiger partial charge in [-0.25, -0.2) is 0 Å². The Labute approximate surface area is 93.6 Å². The van der Waals surface area contributed by atoms with E-state index in [0.717, 1.165) is 0 Å². The SMILES string of the molecule is Cl.Cl.NCCSC(=O)SCCN. The summed E-state index contributed by atoms with van der Waals surface area (Å²) in [5.41, 5.74) is 10.4. The van der Waals surface area contributed by atoms with Gasteiger partial charge in [-0.2, -0.15) is 0 Å². The third-order valence-corrected chi connectivity index (χ3v) is 2.73. The number of nitrogens with two attached hydrogens (primary N) is 2. The van der Waals surface area contributed by atoms with Crippen LogP contribution in [0.2, 0.25) is 0 Å². The Morgan fingerprint density at radius 1 is 1.00 bits per heavy atom. The molecule has 0 heterocycles. The van der Waals surface area contributed by atoms with Crippen molar-refractivity contribution in [2.75, 3.05) is 24.6 Å². The molecule has 0 rings (SSSR count). The first-order valence-electron chi connectivity index (χ1n) is 3.01. The summed E-state index contributed by atoms with van der Waals surface area (Å²) in [6, 6.07) is 0. The molecule has 0 unspecified atom stereocenters. The molecule has 0 spiro atoms.